The Kier molecular flexibility index (Phi) is 1.64. The van der Waals surface area contributed by atoms with Crippen molar-refractivity contribution >= 4 is 6.29 Å². The highest BCUT2D eigenvalue weighted by molar-refractivity contribution is 5.73. The summed E-state index contributed by atoms with van der Waals surface area (Å²) >= 11 is 0. The molecule has 8 heavy (non-hydrogen) atoms. The third kappa shape index (κ3) is 1.07. The summed E-state index contributed by atoms with van der Waals surface area (Å²) in [5.41, 5.74) is 0.774. The maximum atomic E-state index is 10.0. The molecule has 0 unspecified atom stereocenters. The number of hydrogen-bond acceptors (Lipinski definition) is 3. The number of carbonyl (C=O) groups excluding carboxylic acids is 1. The molecule has 3 nitrogen and oxygen atoms in total. The van der Waals surface area contributed by atoms with Crippen LogP contribution in [0.25, 0.3) is 0 Å². The first-order valence-corrected chi connectivity index (χ1v) is 2.52. The normalized spacial score (nSPS) is 18.8. The van der Waals surface area contributed by atoms with Gasteiger partial charge in [0.1, 0.15) is 6.29 Å². The van der Waals surface area contributed by atoms with Gasteiger partial charge in [0.25, 0.3) is 0 Å². The van der Waals surface area contributed by atoms with Crippen molar-refractivity contribution in [2.75, 3.05) is 13.2 Å². The highest BCUT2D eigenvalue weighted by atomic mass is 16.1. The van der Waals surface area contributed by atoms with Gasteiger partial charge in [0.05, 0.1) is 6.67 Å². The van der Waals surface area contributed by atoms with Crippen LogP contribution in [0.2, 0.25) is 0 Å². The van der Waals surface area contributed by atoms with E-state index >= 15 is 0 Å². The minimum absolute atomic E-state index is 0.691. The van der Waals surface area contributed by atoms with Crippen LogP contribution in [0, 0.1) is 0 Å². The Balaban J connectivity index is 2.49. The monoisotopic (exact) mass is 112 g/mol. The molecule has 0 aliphatic carbocycles. The van der Waals surface area contributed by atoms with Gasteiger partial charge in [-0.05, 0) is 0 Å². The Morgan fingerprint density at radius 2 is 2.62 bits per heavy atom. The Bertz CT molecular complexity index is 120. The second kappa shape index (κ2) is 2.47. The molecule has 2 N–H and O–H groups in total. The third-order valence-corrected chi connectivity index (χ3v) is 0.995. The Morgan fingerprint density at radius 3 is 3.00 bits per heavy atom. The highest BCUT2D eigenvalue weighted by Gasteiger charge is 1.97. The summed E-state index contributed by atoms with van der Waals surface area (Å²) in [5.74, 6) is 0. The maximum absolute atomic E-state index is 10.0. The van der Waals surface area contributed by atoms with Crippen LogP contribution in [-0.2, 0) is 4.79 Å². The van der Waals surface area contributed by atoms with Gasteiger partial charge in [0, 0.05) is 18.3 Å². The van der Waals surface area contributed by atoms with Crippen LogP contribution in [0.1, 0.15) is 0 Å². The summed E-state index contributed by atoms with van der Waals surface area (Å²) < 4.78 is 0. The molecule has 3 heteroatoms. The summed E-state index contributed by atoms with van der Waals surface area (Å²) in [6, 6.07) is 0. The summed E-state index contributed by atoms with van der Waals surface area (Å²) in [5, 5.41) is 5.86. The predicted octanol–water partition coefficient (Wildman–Crippen LogP) is -0.781. The van der Waals surface area contributed by atoms with Gasteiger partial charge < -0.3 is 5.32 Å². The quantitative estimate of drug-likeness (QED) is 0.437. The maximum Gasteiger partial charge on any atom is 0.148 e. The van der Waals surface area contributed by atoms with Crippen LogP contribution in [0.4, 0.5) is 0 Å². The zero-order valence-corrected chi connectivity index (χ0v) is 4.48. The van der Waals surface area contributed by atoms with Crippen molar-refractivity contribution in [3.63, 3.8) is 0 Å². The lowest BCUT2D eigenvalue weighted by molar-refractivity contribution is -0.105. The van der Waals surface area contributed by atoms with E-state index in [1.807, 2.05) is 0 Å². The predicted molar refractivity (Wildman–Crippen MR) is 30.2 cm³/mol. The second-order valence-corrected chi connectivity index (χ2v) is 1.64. The van der Waals surface area contributed by atoms with E-state index in [1.54, 1.807) is 6.20 Å². The molecule has 1 rings (SSSR count). The zero-order valence-electron chi connectivity index (χ0n) is 4.48. The van der Waals surface area contributed by atoms with Crippen molar-refractivity contribution in [3.05, 3.63) is 11.8 Å². The molecule has 0 saturated heterocycles. The number of aldehydes is 1. The van der Waals surface area contributed by atoms with Crippen molar-refractivity contribution in [1.29, 1.82) is 0 Å². The molecule has 0 amide bonds. The first-order valence-electron chi connectivity index (χ1n) is 2.52. The molecule has 0 aromatic heterocycles. The van der Waals surface area contributed by atoms with Crippen LogP contribution >= 0.6 is 0 Å². The van der Waals surface area contributed by atoms with Gasteiger partial charge >= 0.3 is 0 Å². The fourth-order valence-corrected chi connectivity index (χ4v) is 0.588. The molecule has 0 saturated carbocycles. The van der Waals surface area contributed by atoms with E-state index in [-0.39, 0.29) is 0 Å². The first kappa shape index (κ1) is 5.31. The average molecular weight is 112 g/mol. The third-order valence-electron chi connectivity index (χ3n) is 0.995. The molecule has 44 valence electrons. The number of rotatable bonds is 1. The van der Waals surface area contributed by atoms with E-state index in [4.69, 9.17) is 0 Å². The van der Waals surface area contributed by atoms with Gasteiger partial charge in [-0.2, -0.15) is 0 Å². The van der Waals surface area contributed by atoms with Gasteiger partial charge in [0.15, 0.2) is 0 Å². The highest BCUT2D eigenvalue weighted by Crippen LogP contribution is 1.86. The summed E-state index contributed by atoms with van der Waals surface area (Å²) in [4.78, 5) is 10.0. The van der Waals surface area contributed by atoms with E-state index < -0.39 is 0 Å². The summed E-state index contributed by atoms with van der Waals surface area (Å²) in [6.07, 6.45) is 2.57. The summed E-state index contributed by atoms with van der Waals surface area (Å²) in [6.45, 7) is 1.45. The molecule has 0 aromatic carbocycles. The lowest BCUT2D eigenvalue weighted by Crippen LogP contribution is -2.32. The molecule has 0 radical (unpaired) electrons. The lowest BCUT2D eigenvalue weighted by atomic mass is 10.3. The van der Waals surface area contributed by atoms with Crippen molar-refractivity contribution in [2.45, 2.75) is 0 Å². The molecule has 0 fully saturated rings. The SMILES string of the molecule is O=CC1=CNCNC1. The smallest absolute Gasteiger partial charge is 0.148 e. The van der Waals surface area contributed by atoms with Crippen LogP contribution in [-0.4, -0.2) is 19.5 Å². The van der Waals surface area contributed by atoms with Crippen LogP contribution in [0.5, 0.6) is 0 Å². The summed E-state index contributed by atoms with van der Waals surface area (Å²) in [7, 11) is 0. The van der Waals surface area contributed by atoms with Crippen molar-refractivity contribution in [2.24, 2.45) is 0 Å². The van der Waals surface area contributed by atoms with Crippen LogP contribution in [0.3, 0.4) is 0 Å². The Hall–Kier alpha value is -0.830. The standard InChI is InChI=1S/C5H8N2O/c8-3-5-1-6-4-7-2-5/h1,3,6-7H,2,4H2. The Morgan fingerprint density at radius 1 is 1.75 bits per heavy atom. The largest absolute Gasteiger partial charge is 0.378 e. The van der Waals surface area contributed by atoms with Gasteiger partial charge in [-0.25, -0.2) is 0 Å². The molecule has 0 aromatic rings. The molecule has 1 aliphatic rings. The minimum atomic E-state index is 0.691. The fourth-order valence-electron chi connectivity index (χ4n) is 0.588. The molecule has 0 spiro atoms. The molecule has 0 bridgehead atoms. The fraction of sp³-hybridized carbons (Fsp3) is 0.400. The first-order chi connectivity index (χ1) is 3.93. The molecule has 0 atom stereocenters. The van der Waals surface area contributed by atoms with Gasteiger partial charge in [-0.1, -0.05) is 0 Å². The minimum Gasteiger partial charge on any atom is -0.378 e. The number of hydrogen-bond donors (Lipinski definition) is 2. The van der Waals surface area contributed by atoms with E-state index in [0.29, 0.717) is 6.54 Å². The van der Waals surface area contributed by atoms with Crippen LogP contribution in [0.15, 0.2) is 11.8 Å². The van der Waals surface area contributed by atoms with Crippen molar-refractivity contribution in [3.8, 4) is 0 Å². The van der Waals surface area contributed by atoms with E-state index in [1.165, 1.54) is 0 Å². The topological polar surface area (TPSA) is 41.1 Å². The molecule has 1 heterocycles. The Labute approximate surface area is 47.8 Å². The van der Waals surface area contributed by atoms with Gasteiger partial charge in [-0.15, -0.1) is 0 Å². The van der Waals surface area contributed by atoms with E-state index in [2.05, 4.69) is 10.6 Å². The van der Waals surface area contributed by atoms with E-state index in [0.717, 1.165) is 18.5 Å². The average Bonchev–Trinajstić information content (AvgIpc) is 1.90. The van der Waals surface area contributed by atoms with Crippen molar-refractivity contribution in [1.82, 2.24) is 10.6 Å². The molecule has 1 aliphatic heterocycles. The second-order valence-electron chi connectivity index (χ2n) is 1.64. The molecular formula is C5H8N2O. The van der Waals surface area contributed by atoms with Crippen molar-refractivity contribution < 1.29 is 4.79 Å². The number of nitrogens with one attached hydrogen (secondary N) is 2. The zero-order chi connectivity index (χ0) is 5.82. The van der Waals surface area contributed by atoms with E-state index in [9.17, 15) is 4.79 Å². The lowest BCUT2D eigenvalue weighted by Gasteiger charge is -2.10. The van der Waals surface area contributed by atoms with Gasteiger partial charge in [0.2, 0.25) is 0 Å². The van der Waals surface area contributed by atoms with Crippen LogP contribution < -0.4 is 10.6 Å². The molecular weight excluding hydrogens is 104 g/mol. The number of carbonyl (C=O) groups is 1. The van der Waals surface area contributed by atoms with Gasteiger partial charge in [-0.3, -0.25) is 10.1 Å².